The highest BCUT2D eigenvalue weighted by atomic mass is 32.2. The fraction of sp³-hybridized carbons (Fsp3) is 0.550. The molecule has 3 heterocycles. The summed E-state index contributed by atoms with van der Waals surface area (Å²) in [5, 5.41) is 4.12. The van der Waals surface area contributed by atoms with Gasteiger partial charge < -0.3 is 9.32 Å². The van der Waals surface area contributed by atoms with Gasteiger partial charge in [0.15, 0.2) is 0 Å². The van der Waals surface area contributed by atoms with Crippen molar-refractivity contribution >= 4 is 16.1 Å². The highest BCUT2D eigenvalue weighted by Crippen LogP contribution is 2.23. The molecule has 2 saturated heterocycles. The van der Waals surface area contributed by atoms with E-state index in [4.69, 9.17) is 4.42 Å². The molecule has 1 aromatic heterocycles. The summed E-state index contributed by atoms with van der Waals surface area (Å²) in [6, 6.07) is 8.97. The van der Waals surface area contributed by atoms with Crippen molar-refractivity contribution in [3.8, 4) is 11.5 Å². The minimum atomic E-state index is -3.53. The molecule has 1 amide bonds. The number of amides is 1. The van der Waals surface area contributed by atoms with Gasteiger partial charge in [-0.25, -0.2) is 4.79 Å². The van der Waals surface area contributed by atoms with Crippen LogP contribution >= 0.6 is 0 Å². The zero-order valence-electron chi connectivity index (χ0n) is 17.5. The first-order valence-corrected chi connectivity index (χ1v) is 11.9. The van der Waals surface area contributed by atoms with Crippen LogP contribution in [-0.4, -0.2) is 76.4 Å². The lowest BCUT2D eigenvalue weighted by Gasteiger charge is -2.40. The number of piperazine rings is 1. The molecule has 2 aliphatic rings. The lowest BCUT2D eigenvalue weighted by Crippen LogP contribution is -2.56. The van der Waals surface area contributed by atoms with Gasteiger partial charge in [0.2, 0.25) is 11.8 Å². The third-order valence-corrected chi connectivity index (χ3v) is 8.02. The van der Waals surface area contributed by atoms with Gasteiger partial charge in [-0.2, -0.15) is 21.7 Å². The van der Waals surface area contributed by atoms with Crippen molar-refractivity contribution in [2.45, 2.75) is 38.8 Å². The summed E-state index contributed by atoms with van der Waals surface area (Å²) < 4.78 is 35.2. The first-order chi connectivity index (χ1) is 14.9. The van der Waals surface area contributed by atoms with Crippen molar-refractivity contribution in [3.63, 3.8) is 0 Å². The lowest BCUT2D eigenvalue weighted by atomic mass is 10.1. The largest absolute Gasteiger partial charge is 0.437 e. The standard InChI is InChI=1S/C20H27N5O5S/c1-16-7-5-6-10-25(16)31(28,29)23-13-11-22(12-14-23)18(26)15-24-20(27)30-19(21-24)17-8-3-2-4-9-17/h2-4,8-9,16H,5-7,10-15H2,1H3. The molecule has 1 atom stereocenters. The maximum absolute atomic E-state index is 13.0. The van der Waals surface area contributed by atoms with Gasteiger partial charge in [-0.3, -0.25) is 4.79 Å². The van der Waals surface area contributed by atoms with E-state index in [0.717, 1.165) is 23.9 Å². The fourth-order valence-corrected chi connectivity index (χ4v) is 5.90. The normalized spacial score (nSPS) is 21.3. The molecule has 4 rings (SSSR count). The van der Waals surface area contributed by atoms with Gasteiger partial charge in [0.25, 0.3) is 10.2 Å². The Bertz CT molecular complexity index is 1070. The second kappa shape index (κ2) is 8.93. The zero-order chi connectivity index (χ0) is 22.0. The molecule has 2 aliphatic heterocycles. The van der Waals surface area contributed by atoms with Crippen molar-refractivity contribution in [3.05, 3.63) is 40.9 Å². The third kappa shape index (κ3) is 4.58. The maximum atomic E-state index is 13.0. The number of benzene rings is 1. The molecule has 168 valence electrons. The predicted molar refractivity (Wildman–Crippen MR) is 113 cm³/mol. The zero-order valence-corrected chi connectivity index (χ0v) is 18.3. The Labute approximate surface area is 181 Å². The second-order valence-corrected chi connectivity index (χ2v) is 9.82. The molecule has 10 nitrogen and oxygen atoms in total. The molecule has 1 aromatic carbocycles. The van der Waals surface area contributed by atoms with Crippen molar-refractivity contribution < 1.29 is 17.6 Å². The Morgan fingerprint density at radius 2 is 1.81 bits per heavy atom. The van der Waals surface area contributed by atoms with E-state index < -0.39 is 16.0 Å². The summed E-state index contributed by atoms with van der Waals surface area (Å²) in [5.41, 5.74) is 0.650. The van der Waals surface area contributed by atoms with Crippen LogP contribution in [0.25, 0.3) is 11.5 Å². The van der Waals surface area contributed by atoms with Gasteiger partial charge in [0.1, 0.15) is 6.54 Å². The maximum Gasteiger partial charge on any atom is 0.437 e. The molecular formula is C20H27N5O5S. The number of hydrogen-bond acceptors (Lipinski definition) is 6. The molecular weight excluding hydrogens is 422 g/mol. The fourth-order valence-electron chi connectivity index (χ4n) is 4.06. The number of carbonyl (C=O) groups excluding carboxylic acids is 1. The van der Waals surface area contributed by atoms with E-state index in [2.05, 4.69) is 5.10 Å². The molecule has 2 aromatic rings. The van der Waals surface area contributed by atoms with Crippen LogP contribution < -0.4 is 5.76 Å². The average molecular weight is 450 g/mol. The Morgan fingerprint density at radius 1 is 1.10 bits per heavy atom. The van der Waals surface area contributed by atoms with E-state index in [1.807, 2.05) is 13.0 Å². The van der Waals surface area contributed by atoms with Gasteiger partial charge >= 0.3 is 5.76 Å². The van der Waals surface area contributed by atoms with E-state index in [-0.39, 0.29) is 50.6 Å². The molecule has 0 spiro atoms. The number of rotatable bonds is 5. The number of nitrogens with zero attached hydrogens (tertiary/aromatic N) is 5. The summed E-state index contributed by atoms with van der Waals surface area (Å²) in [6.07, 6.45) is 2.79. The minimum Gasteiger partial charge on any atom is -0.388 e. The van der Waals surface area contributed by atoms with Gasteiger partial charge in [-0.15, -0.1) is 5.10 Å². The van der Waals surface area contributed by atoms with Crippen molar-refractivity contribution in [2.24, 2.45) is 0 Å². The Hall–Kier alpha value is -2.50. The molecule has 0 bridgehead atoms. The van der Waals surface area contributed by atoms with Crippen molar-refractivity contribution in [1.29, 1.82) is 0 Å². The van der Waals surface area contributed by atoms with Crippen LogP contribution in [0.15, 0.2) is 39.5 Å². The van der Waals surface area contributed by atoms with Gasteiger partial charge in [0, 0.05) is 44.3 Å². The number of piperidine rings is 1. The van der Waals surface area contributed by atoms with Crippen LogP contribution in [-0.2, 0) is 21.5 Å². The second-order valence-electron chi connectivity index (χ2n) is 7.94. The lowest BCUT2D eigenvalue weighted by molar-refractivity contribution is -0.133. The van der Waals surface area contributed by atoms with Crippen LogP contribution in [0.2, 0.25) is 0 Å². The van der Waals surface area contributed by atoms with Crippen LogP contribution in [0.3, 0.4) is 0 Å². The first-order valence-electron chi connectivity index (χ1n) is 10.5. The first kappa shape index (κ1) is 21.7. The van der Waals surface area contributed by atoms with Crippen molar-refractivity contribution in [2.75, 3.05) is 32.7 Å². The topological polar surface area (TPSA) is 109 Å². The number of hydrogen-bond donors (Lipinski definition) is 0. The van der Waals surface area contributed by atoms with Crippen molar-refractivity contribution in [1.82, 2.24) is 23.3 Å². The highest BCUT2D eigenvalue weighted by molar-refractivity contribution is 7.86. The summed E-state index contributed by atoms with van der Waals surface area (Å²) in [5.74, 6) is -0.837. The van der Waals surface area contributed by atoms with E-state index in [1.165, 1.54) is 4.31 Å². The van der Waals surface area contributed by atoms with Gasteiger partial charge in [-0.05, 0) is 31.9 Å². The molecule has 1 unspecified atom stereocenters. The summed E-state index contributed by atoms with van der Waals surface area (Å²) in [4.78, 5) is 26.3. The van der Waals surface area contributed by atoms with Crippen LogP contribution in [0, 0.1) is 0 Å². The van der Waals surface area contributed by atoms with E-state index in [0.29, 0.717) is 12.1 Å². The quantitative estimate of drug-likeness (QED) is 0.667. The molecule has 11 heteroatoms. The SMILES string of the molecule is CC1CCCCN1S(=O)(=O)N1CCN(C(=O)Cn2nc(-c3ccccc3)oc2=O)CC1. The molecule has 0 N–H and O–H groups in total. The molecule has 0 radical (unpaired) electrons. The summed E-state index contributed by atoms with van der Waals surface area (Å²) in [7, 11) is -3.53. The summed E-state index contributed by atoms with van der Waals surface area (Å²) >= 11 is 0. The highest BCUT2D eigenvalue weighted by Gasteiger charge is 2.36. The number of aromatic nitrogens is 2. The molecule has 31 heavy (non-hydrogen) atoms. The monoisotopic (exact) mass is 449 g/mol. The number of carbonyl (C=O) groups is 1. The average Bonchev–Trinajstić information content (AvgIpc) is 3.15. The van der Waals surface area contributed by atoms with Crippen LogP contribution in [0.1, 0.15) is 26.2 Å². The smallest absolute Gasteiger partial charge is 0.388 e. The van der Waals surface area contributed by atoms with E-state index in [9.17, 15) is 18.0 Å². The van der Waals surface area contributed by atoms with Crippen LogP contribution in [0.5, 0.6) is 0 Å². The minimum absolute atomic E-state index is 0.00346. The van der Waals surface area contributed by atoms with Crippen LogP contribution in [0.4, 0.5) is 0 Å². The molecule has 2 fully saturated rings. The predicted octanol–water partition coefficient (Wildman–Crippen LogP) is 0.767. The Kier molecular flexibility index (Phi) is 6.26. The van der Waals surface area contributed by atoms with Gasteiger partial charge in [-0.1, -0.05) is 24.6 Å². The van der Waals surface area contributed by atoms with Gasteiger partial charge in [0.05, 0.1) is 0 Å². The third-order valence-electron chi connectivity index (χ3n) is 5.87. The van der Waals surface area contributed by atoms with E-state index >= 15 is 0 Å². The molecule has 0 saturated carbocycles. The summed E-state index contributed by atoms with van der Waals surface area (Å²) in [6.45, 7) is 3.26. The Balaban J connectivity index is 1.37. The Morgan fingerprint density at radius 3 is 2.48 bits per heavy atom. The van der Waals surface area contributed by atoms with E-state index in [1.54, 1.807) is 33.5 Å². The molecule has 0 aliphatic carbocycles.